The van der Waals surface area contributed by atoms with Gasteiger partial charge < -0.3 is 4.57 Å². The first-order chi connectivity index (χ1) is 16.8. The number of hydrogen-bond donors (Lipinski definition) is 0. The topological polar surface area (TPSA) is 52.5 Å². The summed E-state index contributed by atoms with van der Waals surface area (Å²) in [5, 5.41) is 23.1. The van der Waals surface area contributed by atoms with E-state index in [0.29, 0.717) is 11.3 Å². The zero-order chi connectivity index (χ0) is 24.9. The lowest BCUT2D eigenvalue weighted by Gasteiger charge is -2.21. The molecule has 0 saturated carbocycles. The smallest absolute Gasteiger partial charge is 0.103 e. The number of para-hydroxylation sites is 2. The summed E-state index contributed by atoms with van der Waals surface area (Å²) >= 11 is 13.8. The van der Waals surface area contributed by atoms with Crippen molar-refractivity contribution in [1.29, 1.82) is 10.5 Å². The SMILES string of the molecule is CC(C)(C)c1ccc(-c2c(Cl)c(C#N)c(-n3c4ccccc4c4ccccc43)c(C#N)c2Cl)cc1. The number of benzene rings is 4. The maximum atomic E-state index is 10.3. The predicted octanol–water partition coefficient (Wildman–Crippen LogP) is 8.80. The second kappa shape index (κ2) is 8.47. The highest BCUT2D eigenvalue weighted by molar-refractivity contribution is 6.41. The van der Waals surface area contributed by atoms with E-state index >= 15 is 0 Å². The van der Waals surface area contributed by atoms with Gasteiger partial charge in [-0.05, 0) is 28.7 Å². The lowest BCUT2D eigenvalue weighted by Crippen LogP contribution is -2.10. The number of rotatable bonds is 2. The molecule has 170 valence electrons. The Hall–Kier alpha value is -3.76. The Kier molecular flexibility index (Phi) is 5.57. The van der Waals surface area contributed by atoms with Crippen molar-refractivity contribution in [3.63, 3.8) is 0 Å². The fourth-order valence-corrected chi connectivity index (χ4v) is 5.38. The molecule has 0 unspecified atom stereocenters. The van der Waals surface area contributed by atoms with E-state index in [1.54, 1.807) is 0 Å². The number of hydrogen-bond acceptors (Lipinski definition) is 2. The minimum atomic E-state index is -0.0118. The van der Waals surface area contributed by atoms with Crippen LogP contribution >= 0.6 is 23.2 Å². The third kappa shape index (κ3) is 3.57. The van der Waals surface area contributed by atoms with Crippen molar-refractivity contribution in [3.8, 4) is 29.0 Å². The second-order valence-electron chi connectivity index (χ2n) is 9.52. The van der Waals surface area contributed by atoms with E-state index in [1.807, 2.05) is 77.4 Å². The minimum absolute atomic E-state index is 0.0118. The molecule has 0 N–H and O–H groups in total. The Morgan fingerprint density at radius 1 is 0.686 bits per heavy atom. The molecule has 1 aromatic heterocycles. The van der Waals surface area contributed by atoms with Gasteiger partial charge in [-0.3, -0.25) is 0 Å². The number of halogens is 2. The van der Waals surface area contributed by atoms with Gasteiger partial charge in [-0.2, -0.15) is 10.5 Å². The molecule has 4 aromatic carbocycles. The largest absolute Gasteiger partial charge is 0.307 e. The second-order valence-corrected chi connectivity index (χ2v) is 10.3. The van der Waals surface area contributed by atoms with Crippen LogP contribution in [-0.4, -0.2) is 4.57 Å². The first-order valence-electron chi connectivity index (χ1n) is 11.2. The minimum Gasteiger partial charge on any atom is -0.307 e. The normalized spacial score (nSPS) is 11.5. The summed E-state index contributed by atoms with van der Waals surface area (Å²) in [6.07, 6.45) is 0. The van der Waals surface area contributed by atoms with Crippen LogP contribution in [0.5, 0.6) is 0 Å². The van der Waals surface area contributed by atoms with Crippen LogP contribution in [0.15, 0.2) is 72.8 Å². The van der Waals surface area contributed by atoms with Gasteiger partial charge in [0, 0.05) is 16.3 Å². The average Bonchev–Trinajstić information content (AvgIpc) is 3.18. The van der Waals surface area contributed by atoms with Crippen LogP contribution < -0.4 is 0 Å². The molecule has 1 heterocycles. The van der Waals surface area contributed by atoms with Crippen LogP contribution in [0.1, 0.15) is 37.5 Å². The average molecular weight is 494 g/mol. The predicted molar refractivity (Wildman–Crippen MR) is 144 cm³/mol. The molecule has 0 atom stereocenters. The zero-order valence-corrected chi connectivity index (χ0v) is 21.0. The van der Waals surface area contributed by atoms with E-state index in [2.05, 4.69) is 32.9 Å². The Balaban J connectivity index is 1.88. The Labute approximate surface area is 214 Å². The Bertz CT molecular complexity index is 1610. The highest BCUT2D eigenvalue weighted by atomic mass is 35.5. The van der Waals surface area contributed by atoms with Crippen molar-refractivity contribution in [1.82, 2.24) is 4.57 Å². The maximum absolute atomic E-state index is 10.3. The summed E-state index contributed by atoms with van der Waals surface area (Å²) in [7, 11) is 0. The van der Waals surface area contributed by atoms with E-state index in [4.69, 9.17) is 23.2 Å². The fraction of sp³-hybridized carbons (Fsp3) is 0.133. The third-order valence-corrected chi connectivity index (χ3v) is 7.17. The first kappa shape index (κ1) is 23.0. The van der Waals surface area contributed by atoms with Crippen LogP contribution in [0.4, 0.5) is 0 Å². The van der Waals surface area contributed by atoms with Crippen LogP contribution in [0.2, 0.25) is 10.0 Å². The van der Waals surface area contributed by atoms with Gasteiger partial charge in [-0.15, -0.1) is 0 Å². The summed E-state index contributed by atoms with van der Waals surface area (Å²) < 4.78 is 1.92. The fourth-order valence-electron chi connectivity index (χ4n) is 4.66. The Morgan fingerprint density at radius 3 is 1.57 bits per heavy atom. The maximum Gasteiger partial charge on any atom is 0.103 e. The quantitative estimate of drug-likeness (QED) is 0.246. The lowest BCUT2D eigenvalue weighted by molar-refractivity contribution is 0.590. The van der Waals surface area contributed by atoms with Gasteiger partial charge in [0.1, 0.15) is 12.1 Å². The lowest BCUT2D eigenvalue weighted by atomic mass is 9.86. The molecular formula is C30H21Cl2N3. The summed E-state index contributed by atoms with van der Waals surface area (Å²) in [6, 6.07) is 28.3. The molecule has 0 aliphatic heterocycles. The molecule has 0 spiro atoms. The van der Waals surface area contributed by atoms with Crippen molar-refractivity contribution in [2.75, 3.05) is 0 Å². The molecule has 0 amide bonds. The van der Waals surface area contributed by atoms with Crippen molar-refractivity contribution in [2.45, 2.75) is 26.2 Å². The molecule has 5 rings (SSSR count). The van der Waals surface area contributed by atoms with E-state index < -0.39 is 0 Å². The molecule has 5 aromatic rings. The van der Waals surface area contributed by atoms with Crippen LogP contribution in [0, 0.1) is 22.7 Å². The monoisotopic (exact) mass is 493 g/mol. The molecule has 5 heteroatoms. The van der Waals surface area contributed by atoms with Gasteiger partial charge in [0.25, 0.3) is 0 Å². The standard InChI is InChI=1S/C30H21Cl2N3/c1-30(2,3)19-14-12-18(13-15-19)26-27(31)22(16-33)29(23(17-34)28(26)32)35-24-10-6-4-8-20(24)21-9-5-7-11-25(21)35/h4-15H,1-3H3. The molecule has 0 fully saturated rings. The molecule has 0 bridgehead atoms. The molecular weight excluding hydrogens is 473 g/mol. The third-order valence-electron chi connectivity index (χ3n) is 6.42. The Morgan fingerprint density at radius 2 is 1.14 bits per heavy atom. The highest BCUT2D eigenvalue weighted by Gasteiger charge is 2.27. The molecule has 0 aliphatic carbocycles. The van der Waals surface area contributed by atoms with Crippen molar-refractivity contribution in [3.05, 3.63) is 99.5 Å². The number of aromatic nitrogens is 1. The van der Waals surface area contributed by atoms with Crippen LogP contribution in [0.25, 0.3) is 38.6 Å². The van der Waals surface area contributed by atoms with Gasteiger partial charge in [-0.25, -0.2) is 0 Å². The first-order valence-corrected chi connectivity index (χ1v) is 12.0. The summed E-state index contributed by atoms with van der Waals surface area (Å²) in [5.74, 6) is 0. The van der Waals surface area contributed by atoms with Gasteiger partial charge in [-0.1, -0.05) is 105 Å². The van der Waals surface area contributed by atoms with Crippen LogP contribution in [-0.2, 0) is 5.41 Å². The molecule has 0 radical (unpaired) electrons. The summed E-state index contributed by atoms with van der Waals surface area (Å²) in [6.45, 7) is 6.43. The van der Waals surface area contributed by atoms with Gasteiger partial charge in [0.2, 0.25) is 0 Å². The van der Waals surface area contributed by atoms with Gasteiger partial charge >= 0.3 is 0 Å². The highest BCUT2D eigenvalue weighted by Crippen LogP contribution is 2.45. The van der Waals surface area contributed by atoms with Crippen molar-refractivity contribution < 1.29 is 0 Å². The zero-order valence-electron chi connectivity index (χ0n) is 19.5. The van der Waals surface area contributed by atoms with Gasteiger partial charge in [0.15, 0.2) is 0 Å². The molecule has 0 aliphatic rings. The number of fused-ring (bicyclic) bond motifs is 3. The molecule has 0 saturated heterocycles. The van der Waals surface area contributed by atoms with Gasteiger partial charge in [0.05, 0.1) is 37.9 Å². The molecule has 35 heavy (non-hydrogen) atoms. The van der Waals surface area contributed by atoms with E-state index in [-0.39, 0.29) is 26.6 Å². The van der Waals surface area contributed by atoms with E-state index in [0.717, 1.165) is 32.9 Å². The molecule has 3 nitrogen and oxygen atoms in total. The van der Waals surface area contributed by atoms with E-state index in [1.165, 1.54) is 0 Å². The number of nitrogens with zero attached hydrogens (tertiary/aromatic N) is 3. The summed E-state index contributed by atoms with van der Waals surface area (Å²) in [5.41, 5.74) is 4.98. The summed E-state index contributed by atoms with van der Waals surface area (Å²) in [4.78, 5) is 0. The van der Waals surface area contributed by atoms with E-state index in [9.17, 15) is 10.5 Å². The number of nitriles is 2. The van der Waals surface area contributed by atoms with Crippen molar-refractivity contribution >= 4 is 45.0 Å². The van der Waals surface area contributed by atoms with Crippen molar-refractivity contribution in [2.24, 2.45) is 0 Å². The van der Waals surface area contributed by atoms with Crippen LogP contribution in [0.3, 0.4) is 0 Å².